The normalized spacial score (nSPS) is 15.7. The summed E-state index contributed by atoms with van der Waals surface area (Å²) in [6.07, 6.45) is -0.914. The molecule has 0 saturated carbocycles. The van der Waals surface area contributed by atoms with Gasteiger partial charge in [0.25, 0.3) is 5.91 Å². The van der Waals surface area contributed by atoms with E-state index in [0.717, 1.165) is 21.8 Å². The Kier molecular flexibility index (Phi) is 5.55. The molecule has 2 aromatic carbocycles. The lowest BCUT2D eigenvalue weighted by Crippen LogP contribution is -2.47. The van der Waals surface area contributed by atoms with Gasteiger partial charge >= 0.3 is 5.97 Å². The third kappa shape index (κ3) is 4.07. The first-order valence-corrected chi connectivity index (χ1v) is 10.6. The molecule has 30 heavy (non-hydrogen) atoms. The highest BCUT2D eigenvalue weighted by molar-refractivity contribution is 7.13. The number of thiazole rings is 1. The second-order valence-electron chi connectivity index (χ2n) is 7.31. The molecule has 0 fully saturated rings. The standard InChI is InChI=1S/C23H22N2O4S/c1-14(2)28-21(26)12-25-19-11-17(9-10-20(19)29-15(3)23(25)27)18-13-30-22(24-18)16-7-5-4-6-8-16/h4-11,13-15H,12H2,1-3H3. The Morgan fingerprint density at radius 1 is 1.20 bits per heavy atom. The van der Waals surface area contributed by atoms with Crippen LogP contribution in [0, 0.1) is 0 Å². The van der Waals surface area contributed by atoms with Gasteiger partial charge in [-0.1, -0.05) is 30.3 Å². The van der Waals surface area contributed by atoms with Crippen LogP contribution in [0.4, 0.5) is 5.69 Å². The molecule has 0 spiro atoms. The number of rotatable bonds is 5. The van der Waals surface area contributed by atoms with Gasteiger partial charge in [-0.2, -0.15) is 0 Å². The number of amides is 1. The molecule has 0 radical (unpaired) electrons. The Morgan fingerprint density at radius 3 is 2.70 bits per heavy atom. The highest BCUT2D eigenvalue weighted by Gasteiger charge is 2.33. The molecule has 2 heterocycles. The lowest BCUT2D eigenvalue weighted by molar-refractivity contribution is -0.146. The first kappa shape index (κ1) is 20.1. The smallest absolute Gasteiger partial charge is 0.326 e. The van der Waals surface area contributed by atoms with E-state index in [1.54, 1.807) is 32.1 Å². The molecule has 1 aliphatic rings. The number of esters is 1. The maximum atomic E-state index is 12.7. The second-order valence-corrected chi connectivity index (χ2v) is 8.17. The molecule has 0 N–H and O–H groups in total. The predicted octanol–water partition coefficient (Wildman–Crippen LogP) is 4.54. The summed E-state index contributed by atoms with van der Waals surface area (Å²) in [6.45, 7) is 5.07. The van der Waals surface area contributed by atoms with Crippen molar-refractivity contribution in [2.24, 2.45) is 0 Å². The van der Waals surface area contributed by atoms with E-state index in [2.05, 4.69) is 0 Å². The minimum atomic E-state index is -0.667. The van der Waals surface area contributed by atoms with Gasteiger partial charge in [0.2, 0.25) is 0 Å². The van der Waals surface area contributed by atoms with E-state index in [-0.39, 0.29) is 18.6 Å². The molecular weight excluding hydrogens is 400 g/mol. The minimum absolute atomic E-state index is 0.159. The molecule has 3 aromatic rings. The van der Waals surface area contributed by atoms with Crippen LogP contribution in [0.5, 0.6) is 5.75 Å². The van der Waals surface area contributed by atoms with E-state index < -0.39 is 12.1 Å². The van der Waals surface area contributed by atoms with Crippen LogP contribution in [0.25, 0.3) is 21.8 Å². The van der Waals surface area contributed by atoms with E-state index >= 15 is 0 Å². The van der Waals surface area contributed by atoms with Gasteiger partial charge in [0.15, 0.2) is 6.10 Å². The first-order valence-electron chi connectivity index (χ1n) is 9.75. The number of hydrogen-bond acceptors (Lipinski definition) is 6. The number of nitrogens with zero attached hydrogens (tertiary/aromatic N) is 2. The number of hydrogen-bond donors (Lipinski definition) is 0. The molecule has 6 nitrogen and oxygen atoms in total. The van der Waals surface area contributed by atoms with E-state index in [1.807, 2.05) is 53.9 Å². The fraction of sp³-hybridized carbons (Fsp3) is 0.261. The summed E-state index contributed by atoms with van der Waals surface area (Å²) in [5, 5.41) is 2.90. The van der Waals surface area contributed by atoms with Crippen molar-refractivity contribution < 1.29 is 19.1 Å². The molecule has 1 aliphatic heterocycles. The zero-order chi connectivity index (χ0) is 21.3. The summed E-state index contributed by atoms with van der Waals surface area (Å²) in [5.74, 6) is -0.172. The molecule has 4 rings (SSSR count). The van der Waals surface area contributed by atoms with E-state index in [9.17, 15) is 9.59 Å². The van der Waals surface area contributed by atoms with Crippen LogP contribution in [0.2, 0.25) is 0 Å². The lowest BCUT2D eigenvalue weighted by Gasteiger charge is -2.32. The summed E-state index contributed by atoms with van der Waals surface area (Å²) in [7, 11) is 0. The van der Waals surface area contributed by atoms with Crippen LogP contribution in [0.3, 0.4) is 0 Å². The molecule has 0 aliphatic carbocycles. The zero-order valence-electron chi connectivity index (χ0n) is 17.0. The number of anilines is 1. The van der Waals surface area contributed by atoms with Crippen molar-refractivity contribution in [2.45, 2.75) is 33.0 Å². The predicted molar refractivity (Wildman–Crippen MR) is 117 cm³/mol. The van der Waals surface area contributed by atoms with Crippen molar-refractivity contribution in [3.05, 3.63) is 53.9 Å². The number of benzene rings is 2. The molecule has 0 bridgehead atoms. The van der Waals surface area contributed by atoms with Gasteiger partial charge in [0.05, 0.1) is 17.5 Å². The van der Waals surface area contributed by atoms with Crippen molar-refractivity contribution in [1.82, 2.24) is 4.98 Å². The van der Waals surface area contributed by atoms with Crippen LogP contribution in [0.15, 0.2) is 53.9 Å². The Hall–Kier alpha value is -3.19. The van der Waals surface area contributed by atoms with Crippen LogP contribution in [-0.2, 0) is 14.3 Å². The number of aromatic nitrogens is 1. The van der Waals surface area contributed by atoms with E-state index in [1.165, 1.54) is 4.90 Å². The Morgan fingerprint density at radius 2 is 1.97 bits per heavy atom. The minimum Gasteiger partial charge on any atom is -0.479 e. The molecule has 1 aromatic heterocycles. The maximum absolute atomic E-state index is 12.7. The van der Waals surface area contributed by atoms with Gasteiger partial charge in [-0.05, 0) is 39.0 Å². The Labute approximate surface area is 179 Å². The number of fused-ring (bicyclic) bond motifs is 1. The molecule has 1 amide bonds. The highest BCUT2D eigenvalue weighted by atomic mass is 32.1. The summed E-state index contributed by atoms with van der Waals surface area (Å²) < 4.78 is 11.0. The summed E-state index contributed by atoms with van der Waals surface area (Å²) in [4.78, 5) is 31.1. The molecule has 1 atom stereocenters. The monoisotopic (exact) mass is 422 g/mol. The van der Waals surface area contributed by atoms with E-state index in [0.29, 0.717) is 11.4 Å². The van der Waals surface area contributed by atoms with E-state index in [4.69, 9.17) is 14.5 Å². The van der Waals surface area contributed by atoms with Crippen LogP contribution >= 0.6 is 11.3 Å². The second kappa shape index (κ2) is 8.28. The SMILES string of the molecule is CC(C)OC(=O)CN1C(=O)C(C)Oc2ccc(-c3csc(-c4ccccc4)n3)cc21. The van der Waals surface area contributed by atoms with Crippen molar-refractivity contribution in [3.63, 3.8) is 0 Å². The summed E-state index contributed by atoms with van der Waals surface area (Å²) >= 11 is 1.56. The molecule has 0 saturated heterocycles. The molecular formula is C23H22N2O4S. The van der Waals surface area contributed by atoms with Crippen molar-refractivity contribution >= 4 is 28.9 Å². The topological polar surface area (TPSA) is 68.7 Å². The Bertz CT molecular complexity index is 1080. The third-order valence-electron chi connectivity index (χ3n) is 4.64. The molecule has 1 unspecified atom stereocenters. The van der Waals surface area contributed by atoms with Gasteiger partial charge < -0.3 is 9.47 Å². The zero-order valence-corrected chi connectivity index (χ0v) is 17.8. The van der Waals surface area contributed by atoms with Crippen molar-refractivity contribution in [2.75, 3.05) is 11.4 Å². The fourth-order valence-electron chi connectivity index (χ4n) is 3.28. The number of ether oxygens (including phenoxy) is 2. The number of carbonyl (C=O) groups excluding carboxylic acids is 2. The van der Waals surface area contributed by atoms with Crippen LogP contribution in [0.1, 0.15) is 20.8 Å². The quantitative estimate of drug-likeness (QED) is 0.565. The lowest BCUT2D eigenvalue weighted by atomic mass is 10.1. The van der Waals surface area contributed by atoms with Gasteiger partial charge in [0, 0.05) is 16.5 Å². The summed E-state index contributed by atoms with van der Waals surface area (Å²) in [5.41, 5.74) is 3.25. The van der Waals surface area contributed by atoms with Crippen LogP contribution < -0.4 is 9.64 Å². The maximum Gasteiger partial charge on any atom is 0.326 e. The van der Waals surface area contributed by atoms with Crippen molar-refractivity contribution in [1.29, 1.82) is 0 Å². The van der Waals surface area contributed by atoms with Crippen LogP contribution in [-0.4, -0.2) is 35.6 Å². The number of carbonyl (C=O) groups is 2. The highest BCUT2D eigenvalue weighted by Crippen LogP contribution is 2.38. The third-order valence-corrected chi connectivity index (χ3v) is 5.53. The average molecular weight is 423 g/mol. The molecule has 7 heteroatoms. The van der Waals surface area contributed by atoms with Gasteiger partial charge in [-0.3, -0.25) is 14.5 Å². The van der Waals surface area contributed by atoms with Crippen molar-refractivity contribution in [3.8, 4) is 27.6 Å². The Balaban J connectivity index is 1.67. The summed E-state index contributed by atoms with van der Waals surface area (Å²) in [6, 6.07) is 15.5. The fourth-order valence-corrected chi connectivity index (χ4v) is 4.11. The van der Waals surface area contributed by atoms with Gasteiger partial charge in [-0.15, -0.1) is 11.3 Å². The first-order chi connectivity index (χ1) is 14.4. The average Bonchev–Trinajstić information content (AvgIpc) is 3.21. The molecule has 154 valence electrons. The van der Waals surface area contributed by atoms with Gasteiger partial charge in [0.1, 0.15) is 17.3 Å². The largest absolute Gasteiger partial charge is 0.479 e. The van der Waals surface area contributed by atoms with Gasteiger partial charge in [-0.25, -0.2) is 4.98 Å².